The Morgan fingerprint density at radius 3 is 2.23 bits per heavy atom. The molecule has 13 heavy (non-hydrogen) atoms. The van der Waals surface area contributed by atoms with Crippen LogP contribution in [0.25, 0.3) is 0 Å². The fourth-order valence-electron chi connectivity index (χ4n) is 0.969. The van der Waals surface area contributed by atoms with Gasteiger partial charge < -0.3 is 14.0 Å². The number of hydrogen-bond acceptors (Lipinski definition) is 6. The van der Waals surface area contributed by atoms with Crippen LogP contribution in [-0.2, 0) is 8.85 Å². The summed E-state index contributed by atoms with van der Waals surface area (Å²) in [5.74, 6) is -1.66. The van der Waals surface area contributed by atoms with E-state index in [2.05, 4.69) is 0 Å². The molecule has 0 aromatic carbocycles. The Morgan fingerprint density at radius 1 is 1.38 bits per heavy atom. The maximum atomic E-state index is 8.64. The van der Waals surface area contributed by atoms with Crippen molar-refractivity contribution in [1.29, 1.82) is 0 Å². The molecular formula is C6H19N3O3Si. The van der Waals surface area contributed by atoms with Crippen molar-refractivity contribution in [2.45, 2.75) is 25.0 Å². The van der Waals surface area contributed by atoms with Crippen molar-refractivity contribution in [2.75, 3.05) is 13.7 Å². The number of aliphatic hydroxyl groups excluding tert-OH is 1. The lowest BCUT2D eigenvalue weighted by molar-refractivity contribution is 0.0432. The van der Waals surface area contributed by atoms with Crippen LogP contribution < -0.4 is 17.2 Å². The summed E-state index contributed by atoms with van der Waals surface area (Å²) in [5, 5.41) is 8.64. The summed E-state index contributed by atoms with van der Waals surface area (Å²) in [5.41, 5.74) is 15.9. The van der Waals surface area contributed by atoms with Crippen LogP contribution in [0.3, 0.4) is 0 Å². The molecule has 0 saturated heterocycles. The third kappa shape index (κ3) is 6.10. The van der Waals surface area contributed by atoms with Crippen LogP contribution in [-0.4, -0.2) is 33.4 Å². The van der Waals surface area contributed by atoms with Gasteiger partial charge in [0, 0.05) is 13.7 Å². The highest BCUT2D eigenvalue weighted by Gasteiger charge is 2.35. The van der Waals surface area contributed by atoms with Gasteiger partial charge >= 0.3 is 8.56 Å². The molecule has 0 aliphatic heterocycles. The molecule has 0 bridgehead atoms. The molecule has 0 spiro atoms. The first-order valence-corrected chi connectivity index (χ1v) is 6.58. The van der Waals surface area contributed by atoms with Gasteiger partial charge in [0.1, 0.15) is 0 Å². The zero-order chi connectivity index (χ0) is 10.5. The minimum atomic E-state index is -2.41. The Morgan fingerprint density at radius 2 is 1.92 bits per heavy atom. The highest BCUT2D eigenvalue weighted by atomic mass is 28.4. The van der Waals surface area contributed by atoms with E-state index in [0.717, 1.165) is 0 Å². The van der Waals surface area contributed by atoms with Crippen LogP contribution >= 0.6 is 0 Å². The predicted octanol–water partition coefficient (Wildman–Crippen LogP) is -1.41. The van der Waals surface area contributed by atoms with Gasteiger partial charge in [0.05, 0.1) is 0 Å². The van der Waals surface area contributed by atoms with Crippen LogP contribution in [0.4, 0.5) is 0 Å². The van der Waals surface area contributed by atoms with Gasteiger partial charge in [-0.3, -0.25) is 17.2 Å². The minimum absolute atomic E-state index is 0.0853. The summed E-state index contributed by atoms with van der Waals surface area (Å²) < 4.78 is 10.4. The molecule has 6 nitrogen and oxygen atoms in total. The highest BCUT2D eigenvalue weighted by molar-refractivity contribution is 6.66. The zero-order valence-corrected chi connectivity index (χ0v) is 9.12. The van der Waals surface area contributed by atoms with Crippen molar-refractivity contribution in [3.63, 3.8) is 0 Å². The topological polar surface area (TPSA) is 117 Å². The monoisotopic (exact) mass is 209 g/mol. The first kappa shape index (κ1) is 13.0. The number of nitrogens with two attached hydrogens (primary N) is 3. The van der Waals surface area contributed by atoms with Crippen LogP contribution in [0, 0.1) is 0 Å². The molecule has 0 aromatic rings. The molecule has 0 saturated carbocycles. The Balaban J connectivity index is 4.11. The summed E-state index contributed by atoms with van der Waals surface area (Å²) in [4.78, 5) is 0. The molecule has 0 amide bonds. The quantitative estimate of drug-likeness (QED) is 0.315. The van der Waals surface area contributed by atoms with E-state index >= 15 is 0 Å². The smallest absolute Gasteiger partial charge is 0.338 e. The predicted molar refractivity (Wildman–Crippen MR) is 51.5 cm³/mol. The molecule has 0 aromatic heterocycles. The van der Waals surface area contributed by atoms with E-state index in [1.807, 2.05) is 0 Å². The fourth-order valence-corrected chi connectivity index (χ4v) is 2.91. The highest BCUT2D eigenvalue weighted by Crippen LogP contribution is 2.16. The van der Waals surface area contributed by atoms with Crippen molar-refractivity contribution in [2.24, 2.45) is 17.2 Å². The molecule has 7 heteroatoms. The number of aliphatic hydroxyl groups is 1. The summed E-state index contributed by atoms with van der Waals surface area (Å²) in [7, 11) is -0.892. The zero-order valence-electron chi connectivity index (χ0n) is 8.12. The Hall–Kier alpha value is -0.0231. The summed E-state index contributed by atoms with van der Waals surface area (Å²) in [6, 6.07) is 0.605. The summed E-state index contributed by atoms with van der Waals surface area (Å²) in [6.45, 7) is 1.88. The fraction of sp³-hybridized carbons (Fsp3) is 1.00. The van der Waals surface area contributed by atoms with E-state index in [9.17, 15) is 0 Å². The Bertz CT molecular complexity index is 153. The largest absolute Gasteiger partial charge is 0.398 e. The van der Waals surface area contributed by atoms with Crippen LogP contribution in [0.15, 0.2) is 0 Å². The van der Waals surface area contributed by atoms with E-state index in [1.54, 1.807) is 6.55 Å². The lowest BCUT2D eigenvalue weighted by Gasteiger charge is -2.32. The van der Waals surface area contributed by atoms with Gasteiger partial charge in [0.25, 0.3) is 0 Å². The molecule has 0 aliphatic carbocycles. The maximum Gasteiger partial charge on any atom is 0.338 e. The van der Waals surface area contributed by atoms with Gasteiger partial charge in [-0.2, -0.15) is 0 Å². The van der Waals surface area contributed by atoms with Gasteiger partial charge in [-0.25, -0.2) is 0 Å². The molecule has 0 aliphatic rings. The normalized spacial score (nSPS) is 17.1. The van der Waals surface area contributed by atoms with E-state index < -0.39 is 14.5 Å². The van der Waals surface area contributed by atoms with E-state index in [-0.39, 0.29) is 6.61 Å². The average Bonchev–Trinajstić information content (AvgIpc) is 1.98. The molecule has 7 N–H and O–H groups in total. The average molecular weight is 209 g/mol. The lowest BCUT2D eigenvalue weighted by Crippen LogP contribution is -2.65. The molecule has 1 unspecified atom stereocenters. The van der Waals surface area contributed by atoms with Crippen molar-refractivity contribution in [3.8, 4) is 0 Å². The summed E-state index contributed by atoms with van der Waals surface area (Å²) in [6.07, 6.45) is 0.590. The van der Waals surface area contributed by atoms with Crippen molar-refractivity contribution >= 4 is 8.56 Å². The van der Waals surface area contributed by atoms with Crippen LogP contribution in [0.2, 0.25) is 12.6 Å². The van der Waals surface area contributed by atoms with Gasteiger partial charge in [-0.15, -0.1) is 0 Å². The molecule has 1 atom stereocenters. The second-order valence-electron chi connectivity index (χ2n) is 3.12. The summed E-state index contributed by atoms with van der Waals surface area (Å²) >= 11 is 0. The molecular weight excluding hydrogens is 190 g/mol. The SMILES string of the molecule is CO[Si](C)(CCCO)OC(N)(N)N. The molecule has 0 rings (SSSR count). The first-order valence-electron chi connectivity index (χ1n) is 4.06. The molecule has 0 fully saturated rings. The second-order valence-corrected chi connectivity index (χ2v) is 6.50. The van der Waals surface area contributed by atoms with E-state index in [0.29, 0.717) is 12.5 Å². The second kappa shape index (κ2) is 5.01. The van der Waals surface area contributed by atoms with Gasteiger partial charge in [-0.05, 0) is 19.0 Å². The van der Waals surface area contributed by atoms with Crippen molar-refractivity contribution in [1.82, 2.24) is 0 Å². The lowest BCUT2D eigenvalue weighted by atomic mass is 10.5. The molecule has 80 valence electrons. The Kier molecular flexibility index (Phi) is 5.00. The van der Waals surface area contributed by atoms with Crippen LogP contribution in [0.5, 0.6) is 0 Å². The van der Waals surface area contributed by atoms with Gasteiger partial charge in [-0.1, -0.05) is 0 Å². The molecule has 0 radical (unpaired) electrons. The minimum Gasteiger partial charge on any atom is -0.398 e. The van der Waals surface area contributed by atoms with Gasteiger partial charge in [0.15, 0.2) is 0 Å². The van der Waals surface area contributed by atoms with Gasteiger partial charge in [0.2, 0.25) is 5.97 Å². The van der Waals surface area contributed by atoms with Crippen molar-refractivity contribution in [3.05, 3.63) is 0 Å². The maximum absolute atomic E-state index is 8.64. The first-order chi connectivity index (χ1) is 5.83. The third-order valence-corrected chi connectivity index (χ3v) is 4.52. The van der Waals surface area contributed by atoms with Crippen LogP contribution in [0.1, 0.15) is 6.42 Å². The molecule has 0 heterocycles. The number of rotatable bonds is 6. The number of hydrogen-bond donors (Lipinski definition) is 4. The Labute approximate surface area is 79.2 Å². The standard InChI is InChI=1S/C6H19N3O3Si/c1-11-13(2,5-3-4-10)12-6(7,8)9/h10H,3-5,7-9H2,1-2H3. The van der Waals surface area contributed by atoms with E-state index in [4.69, 9.17) is 31.2 Å². The third-order valence-electron chi connectivity index (χ3n) is 1.61. The van der Waals surface area contributed by atoms with Crippen molar-refractivity contribution < 1.29 is 14.0 Å². The van der Waals surface area contributed by atoms with E-state index in [1.165, 1.54) is 7.11 Å².